The maximum Gasteiger partial charge on any atom is 0.224 e. The number of ether oxygens (including phenoxy) is 1. The van der Waals surface area contributed by atoms with E-state index in [2.05, 4.69) is 68.8 Å². The lowest BCUT2D eigenvalue weighted by atomic mass is 10.0. The van der Waals surface area contributed by atoms with Gasteiger partial charge in [-0.3, -0.25) is 4.57 Å². The highest BCUT2D eigenvalue weighted by Gasteiger charge is 2.09. The molecule has 0 unspecified atom stereocenters. The Balaban J connectivity index is 1.37. The Hall–Kier alpha value is -4.19. The molecule has 158 valence electrons. The molecule has 2 aromatic heterocycles. The molecule has 0 saturated carbocycles. The lowest BCUT2D eigenvalue weighted by molar-refractivity contribution is 0.415. The van der Waals surface area contributed by atoms with E-state index >= 15 is 0 Å². The van der Waals surface area contributed by atoms with Crippen LogP contribution in [0, 0.1) is 0 Å². The summed E-state index contributed by atoms with van der Waals surface area (Å²) in [7, 11) is 1.68. The summed E-state index contributed by atoms with van der Waals surface area (Å²) in [6, 6.07) is 26.5. The molecule has 0 spiro atoms. The smallest absolute Gasteiger partial charge is 0.224 e. The van der Waals surface area contributed by atoms with Gasteiger partial charge in [-0.1, -0.05) is 48.5 Å². The zero-order valence-electron chi connectivity index (χ0n) is 17.8. The first-order valence-electron chi connectivity index (χ1n) is 10.5. The Bertz CT molecular complexity index is 1350. The molecule has 0 aliphatic carbocycles. The molecule has 6 heteroatoms. The van der Waals surface area contributed by atoms with Gasteiger partial charge >= 0.3 is 0 Å². The van der Waals surface area contributed by atoms with Crippen LogP contribution in [0.4, 0.5) is 5.95 Å². The average molecular weight is 422 g/mol. The molecule has 0 aliphatic heterocycles. The Labute approximate surface area is 186 Å². The quantitative estimate of drug-likeness (QED) is 0.394. The number of aromatic nitrogens is 4. The number of nitrogens with one attached hydrogen (secondary N) is 1. The fraction of sp³-hybridized carbons (Fsp3) is 0.115. The van der Waals surface area contributed by atoms with E-state index in [0.717, 1.165) is 46.7 Å². The van der Waals surface area contributed by atoms with Crippen LogP contribution >= 0.6 is 0 Å². The highest BCUT2D eigenvalue weighted by molar-refractivity contribution is 5.83. The first-order valence-corrected chi connectivity index (χ1v) is 10.5. The van der Waals surface area contributed by atoms with Crippen molar-refractivity contribution in [2.24, 2.45) is 0 Å². The fourth-order valence-corrected chi connectivity index (χ4v) is 3.71. The molecule has 3 aromatic carbocycles. The first-order chi connectivity index (χ1) is 15.8. The maximum absolute atomic E-state index is 5.35. The molecule has 5 aromatic rings. The first kappa shape index (κ1) is 19.8. The number of fused-ring (bicyclic) bond motifs is 1. The van der Waals surface area contributed by atoms with Crippen molar-refractivity contribution in [3.63, 3.8) is 0 Å². The summed E-state index contributed by atoms with van der Waals surface area (Å²) in [5.41, 5.74) is 5.36. The van der Waals surface area contributed by atoms with Crippen molar-refractivity contribution in [1.29, 1.82) is 0 Å². The Morgan fingerprint density at radius 3 is 2.62 bits per heavy atom. The Kier molecular flexibility index (Phi) is 5.49. The van der Waals surface area contributed by atoms with Crippen molar-refractivity contribution in [2.75, 3.05) is 19.0 Å². The molecule has 0 aliphatic rings. The van der Waals surface area contributed by atoms with E-state index < -0.39 is 0 Å². The largest absolute Gasteiger partial charge is 0.497 e. The van der Waals surface area contributed by atoms with Crippen molar-refractivity contribution in [2.45, 2.75) is 6.42 Å². The number of nitrogens with zero attached hydrogens (tertiary/aromatic N) is 4. The van der Waals surface area contributed by atoms with Crippen LogP contribution in [-0.4, -0.2) is 33.2 Å². The van der Waals surface area contributed by atoms with Gasteiger partial charge in [0.05, 0.1) is 18.1 Å². The minimum absolute atomic E-state index is 0.605. The maximum atomic E-state index is 5.35. The molecule has 2 heterocycles. The van der Waals surface area contributed by atoms with Gasteiger partial charge in [0, 0.05) is 12.7 Å². The van der Waals surface area contributed by atoms with Crippen LogP contribution in [0.3, 0.4) is 0 Å². The van der Waals surface area contributed by atoms with Crippen molar-refractivity contribution in [1.82, 2.24) is 19.5 Å². The van der Waals surface area contributed by atoms with Gasteiger partial charge < -0.3 is 10.1 Å². The SMILES string of the molecule is COc1cccc(-c2ccc3c(c2)ncn3-c2ccnc(NCCc3ccccc3)n2)c1. The van der Waals surface area contributed by atoms with Gasteiger partial charge in [-0.05, 0) is 53.4 Å². The number of imidazole rings is 1. The van der Waals surface area contributed by atoms with Crippen molar-refractivity contribution >= 4 is 17.0 Å². The monoisotopic (exact) mass is 421 g/mol. The van der Waals surface area contributed by atoms with Gasteiger partial charge in [-0.15, -0.1) is 0 Å². The van der Waals surface area contributed by atoms with Gasteiger partial charge in [0.2, 0.25) is 5.95 Å². The predicted octanol–water partition coefficient (Wildman–Crippen LogP) is 5.15. The lowest BCUT2D eigenvalue weighted by Crippen LogP contribution is -2.09. The van der Waals surface area contributed by atoms with Crippen LogP contribution in [0.5, 0.6) is 5.75 Å². The minimum Gasteiger partial charge on any atom is -0.497 e. The molecule has 0 saturated heterocycles. The van der Waals surface area contributed by atoms with Crippen molar-refractivity contribution in [3.05, 3.63) is 97.0 Å². The molecule has 5 rings (SSSR count). The van der Waals surface area contributed by atoms with Crippen molar-refractivity contribution in [3.8, 4) is 22.7 Å². The highest BCUT2D eigenvalue weighted by Crippen LogP contribution is 2.27. The number of rotatable bonds is 7. The molecule has 0 radical (unpaired) electrons. The molecule has 0 fully saturated rings. The molecule has 0 amide bonds. The lowest BCUT2D eigenvalue weighted by Gasteiger charge is -2.08. The summed E-state index contributed by atoms with van der Waals surface area (Å²) in [6.45, 7) is 0.766. The summed E-state index contributed by atoms with van der Waals surface area (Å²) < 4.78 is 7.33. The molecular formula is C26H23N5O. The zero-order chi connectivity index (χ0) is 21.8. The summed E-state index contributed by atoms with van der Waals surface area (Å²) in [5.74, 6) is 2.22. The van der Waals surface area contributed by atoms with Gasteiger partial charge in [0.1, 0.15) is 17.9 Å². The summed E-state index contributed by atoms with van der Waals surface area (Å²) in [5, 5.41) is 3.32. The third-order valence-electron chi connectivity index (χ3n) is 5.38. The average Bonchev–Trinajstić information content (AvgIpc) is 3.28. The van der Waals surface area contributed by atoms with E-state index in [0.29, 0.717) is 5.95 Å². The predicted molar refractivity (Wildman–Crippen MR) is 127 cm³/mol. The van der Waals surface area contributed by atoms with Crippen LogP contribution < -0.4 is 10.1 Å². The number of methoxy groups -OCH3 is 1. The van der Waals surface area contributed by atoms with E-state index in [9.17, 15) is 0 Å². The van der Waals surface area contributed by atoms with E-state index in [1.807, 2.05) is 34.9 Å². The Morgan fingerprint density at radius 2 is 1.75 bits per heavy atom. The summed E-state index contributed by atoms with van der Waals surface area (Å²) in [4.78, 5) is 13.7. The molecule has 1 N–H and O–H groups in total. The van der Waals surface area contributed by atoms with Gasteiger partial charge in [0.15, 0.2) is 0 Å². The fourth-order valence-electron chi connectivity index (χ4n) is 3.71. The molecule has 0 bridgehead atoms. The number of benzene rings is 3. The van der Waals surface area contributed by atoms with Crippen molar-refractivity contribution < 1.29 is 4.74 Å². The van der Waals surface area contributed by atoms with E-state index in [1.54, 1.807) is 19.6 Å². The number of hydrogen-bond donors (Lipinski definition) is 1. The van der Waals surface area contributed by atoms with Crippen LogP contribution in [0.15, 0.2) is 91.4 Å². The van der Waals surface area contributed by atoms with Gasteiger partial charge in [-0.25, -0.2) is 9.97 Å². The van der Waals surface area contributed by atoms with Crippen LogP contribution in [-0.2, 0) is 6.42 Å². The summed E-state index contributed by atoms with van der Waals surface area (Å²) in [6.07, 6.45) is 4.48. The van der Waals surface area contributed by atoms with Gasteiger partial charge in [-0.2, -0.15) is 4.98 Å². The van der Waals surface area contributed by atoms with E-state index in [1.165, 1.54) is 5.56 Å². The van der Waals surface area contributed by atoms with Gasteiger partial charge in [0.25, 0.3) is 0 Å². The standard InChI is InChI=1S/C26H23N5O/c1-32-22-9-5-8-20(16-22)21-10-11-24-23(17-21)29-18-31(24)25-13-15-28-26(30-25)27-14-12-19-6-3-2-4-7-19/h2-11,13,15-18H,12,14H2,1H3,(H,27,28,30). The van der Waals surface area contributed by atoms with Crippen LogP contribution in [0.25, 0.3) is 28.0 Å². The minimum atomic E-state index is 0.605. The molecule has 32 heavy (non-hydrogen) atoms. The highest BCUT2D eigenvalue weighted by atomic mass is 16.5. The third kappa shape index (κ3) is 4.16. The number of hydrogen-bond acceptors (Lipinski definition) is 5. The molecule has 0 atom stereocenters. The van der Waals surface area contributed by atoms with E-state index in [-0.39, 0.29) is 0 Å². The topological polar surface area (TPSA) is 64.9 Å². The summed E-state index contributed by atoms with van der Waals surface area (Å²) >= 11 is 0. The second-order valence-electron chi connectivity index (χ2n) is 7.45. The number of anilines is 1. The zero-order valence-corrected chi connectivity index (χ0v) is 17.8. The normalized spacial score (nSPS) is 10.9. The second-order valence-corrected chi connectivity index (χ2v) is 7.45. The third-order valence-corrected chi connectivity index (χ3v) is 5.38. The van der Waals surface area contributed by atoms with Crippen LogP contribution in [0.2, 0.25) is 0 Å². The molecule has 6 nitrogen and oxygen atoms in total. The molecular weight excluding hydrogens is 398 g/mol. The Morgan fingerprint density at radius 1 is 0.875 bits per heavy atom. The van der Waals surface area contributed by atoms with Crippen LogP contribution in [0.1, 0.15) is 5.56 Å². The second kappa shape index (κ2) is 8.89. The van der Waals surface area contributed by atoms with E-state index in [4.69, 9.17) is 4.74 Å².